The maximum absolute atomic E-state index is 13.0. The second kappa shape index (κ2) is 12.6. The first kappa shape index (κ1) is 27.9. The molecule has 194 valence electrons. The van der Waals surface area contributed by atoms with Crippen molar-refractivity contribution in [1.29, 1.82) is 0 Å². The van der Waals surface area contributed by atoms with E-state index in [1.54, 1.807) is 6.07 Å². The van der Waals surface area contributed by atoms with Crippen LogP contribution in [-0.4, -0.2) is 10.9 Å². The van der Waals surface area contributed by atoms with Crippen molar-refractivity contribution in [2.45, 2.75) is 6.16 Å². The lowest BCUT2D eigenvalue weighted by Gasteiger charge is -2.28. The molecule has 0 heterocycles. The lowest BCUT2D eigenvalue weighted by molar-refractivity contribution is -0.384. The van der Waals surface area contributed by atoms with E-state index in [9.17, 15) is 14.9 Å². The van der Waals surface area contributed by atoms with Crippen molar-refractivity contribution in [2.75, 3.05) is 0 Å². The Morgan fingerprint density at radius 2 is 1.08 bits per heavy atom. The molecule has 5 aromatic rings. The smallest absolute Gasteiger partial charge is 0.343 e. The maximum Gasteiger partial charge on any atom is 0.343 e. The standard InChI is InChI=1S/C32H25NO4P.BrH/c34-32(25-20-22-27(23-21-25)33(35)36)37-31-19-11-10-12-26(31)24-38(28-13-4-1-5-14-28,29-15-6-2-7-16-29)30-17-8-3-9-18-30;/h1-23H,24H2;1H/q+1;/p-1. The highest BCUT2D eigenvalue weighted by atomic mass is 79.9. The van der Waals surface area contributed by atoms with E-state index in [-0.39, 0.29) is 28.2 Å². The van der Waals surface area contributed by atoms with Crippen molar-refractivity contribution in [2.24, 2.45) is 0 Å². The third-order valence-corrected chi connectivity index (χ3v) is 10.8. The molecule has 5 nitrogen and oxygen atoms in total. The lowest BCUT2D eigenvalue weighted by Crippen LogP contribution is -3.00. The fraction of sp³-hybridized carbons (Fsp3) is 0.0312. The number of non-ortho nitro benzene ring substituents is 1. The summed E-state index contributed by atoms with van der Waals surface area (Å²) in [4.78, 5) is 23.5. The van der Waals surface area contributed by atoms with Gasteiger partial charge in [0.05, 0.1) is 10.5 Å². The SMILES string of the molecule is O=C(Oc1ccccc1C[P+](c1ccccc1)(c1ccccc1)c1ccccc1)c1ccc([N+](=O)[O-])cc1.[Br-]. The normalized spacial score (nSPS) is 10.8. The van der Waals surface area contributed by atoms with Gasteiger partial charge in [0.1, 0.15) is 35.1 Å². The van der Waals surface area contributed by atoms with Crippen LogP contribution in [0.2, 0.25) is 0 Å². The van der Waals surface area contributed by atoms with Crippen molar-refractivity contribution in [3.63, 3.8) is 0 Å². The highest BCUT2D eigenvalue weighted by molar-refractivity contribution is 7.95. The average Bonchev–Trinajstić information content (AvgIpc) is 2.98. The molecule has 0 fully saturated rings. The molecule has 0 saturated heterocycles. The lowest BCUT2D eigenvalue weighted by atomic mass is 10.2. The van der Waals surface area contributed by atoms with Gasteiger partial charge < -0.3 is 21.7 Å². The molecule has 5 rings (SSSR count). The molecule has 39 heavy (non-hydrogen) atoms. The van der Waals surface area contributed by atoms with Gasteiger partial charge in [0.2, 0.25) is 0 Å². The van der Waals surface area contributed by atoms with E-state index >= 15 is 0 Å². The molecular formula is C32H25BrNO4P. The van der Waals surface area contributed by atoms with E-state index in [2.05, 4.69) is 72.8 Å². The number of ether oxygens (including phenoxy) is 1. The van der Waals surface area contributed by atoms with Crippen LogP contribution >= 0.6 is 7.26 Å². The van der Waals surface area contributed by atoms with Gasteiger partial charge in [0.15, 0.2) is 0 Å². The van der Waals surface area contributed by atoms with E-state index in [0.29, 0.717) is 11.9 Å². The van der Waals surface area contributed by atoms with Gasteiger partial charge in [-0.25, -0.2) is 4.79 Å². The molecule has 0 unspecified atom stereocenters. The molecule has 0 spiro atoms. The Kier molecular flexibility index (Phi) is 9.03. The fourth-order valence-corrected chi connectivity index (χ4v) is 8.89. The van der Waals surface area contributed by atoms with Crippen LogP contribution in [0.15, 0.2) is 140 Å². The van der Waals surface area contributed by atoms with Gasteiger partial charge >= 0.3 is 5.97 Å². The summed E-state index contributed by atoms with van der Waals surface area (Å²) in [5.74, 6) is -0.0848. The third-order valence-electron chi connectivity index (χ3n) is 6.49. The van der Waals surface area contributed by atoms with Crippen LogP contribution in [0.3, 0.4) is 0 Å². The first-order valence-electron chi connectivity index (χ1n) is 12.2. The van der Waals surface area contributed by atoms with E-state index in [1.165, 1.54) is 40.2 Å². The molecule has 0 aromatic heterocycles. The Morgan fingerprint density at radius 3 is 1.54 bits per heavy atom. The Labute approximate surface area is 238 Å². The van der Waals surface area contributed by atoms with Crippen LogP contribution in [-0.2, 0) is 6.16 Å². The van der Waals surface area contributed by atoms with Crippen molar-refractivity contribution in [3.05, 3.63) is 161 Å². The molecule has 0 amide bonds. The first-order valence-corrected chi connectivity index (χ1v) is 14.1. The Balaban J connectivity index is 0.00000353. The molecule has 0 aliphatic heterocycles. The highest BCUT2D eigenvalue weighted by Gasteiger charge is 2.46. The second-order valence-corrected chi connectivity index (χ2v) is 12.3. The van der Waals surface area contributed by atoms with Crippen LogP contribution in [0, 0.1) is 10.1 Å². The van der Waals surface area contributed by atoms with Crippen molar-refractivity contribution >= 4 is 34.8 Å². The molecule has 0 atom stereocenters. The summed E-state index contributed by atoms with van der Waals surface area (Å²) < 4.78 is 5.89. The topological polar surface area (TPSA) is 69.4 Å². The number of benzene rings is 5. The van der Waals surface area contributed by atoms with Crippen LogP contribution in [0.5, 0.6) is 5.75 Å². The molecule has 7 heteroatoms. The van der Waals surface area contributed by atoms with Crippen LogP contribution in [0.4, 0.5) is 5.69 Å². The third kappa shape index (κ3) is 5.98. The Bertz CT molecular complexity index is 1450. The van der Waals surface area contributed by atoms with Crippen molar-refractivity contribution < 1.29 is 31.4 Å². The zero-order valence-electron chi connectivity index (χ0n) is 20.9. The van der Waals surface area contributed by atoms with E-state index in [4.69, 9.17) is 4.74 Å². The predicted molar refractivity (Wildman–Crippen MR) is 153 cm³/mol. The van der Waals surface area contributed by atoms with Crippen LogP contribution in [0.25, 0.3) is 0 Å². The maximum atomic E-state index is 13.0. The zero-order valence-corrected chi connectivity index (χ0v) is 23.4. The quantitative estimate of drug-likeness (QED) is 0.0905. The minimum atomic E-state index is -2.20. The predicted octanol–water partition coefficient (Wildman–Crippen LogP) is 3.31. The number of nitro benzene ring substituents is 1. The number of halogens is 1. The van der Waals surface area contributed by atoms with Gasteiger partial charge in [-0.2, -0.15) is 0 Å². The summed E-state index contributed by atoms with van der Waals surface area (Å²) in [6.45, 7) is 0. The molecule has 0 aliphatic rings. The summed E-state index contributed by atoms with van der Waals surface area (Å²) in [7, 11) is -2.20. The summed E-state index contributed by atoms with van der Waals surface area (Å²) >= 11 is 0. The van der Waals surface area contributed by atoms with Gasteiger partial charge in [0, 0.05) is 17.7 Å². The monoisotopic (exact) mass is 597 g/mol. The van der Waals surface area contributed by atoms with Gasteiger partial charge in [-0.3, -0.25) is 10.1 Å². The molecule has 0 N–H and O–H groups in total. The van der Waals surface area contributed by atoms with E-state index in [0.717, 1.165) is 5.56 Å². The molecule has 0 radical (unpaired) electrons. The number of rotatable bonds is 8. The molecular weight excluding hydrogens is 573 g/mol. The minimum absolute atomic E-state index is 0. The number of nitro groups is 1. The largest absolute Gasteiger partial charge is 1.00 e. The number of carbonyl (C=O) groups is 1. The number of para-hydroxylation sites is 1. The minimum Gasteiger partial charge on any atom is -1.00 e. The van der Waals surface area contributed by atoms with Crippen molar-refractivity contribution in [3.8, 4) is 5.75 Å². The average molecular weight is 598 g/mol. The molecule has 5 aromatic carbocycles. The number of nitrogens with zero attached hydrogens (tertiary/aromatic N) is 1. The first-order chi connectivity index (χ1) is 18.6. The van der Waals surface area contributed by atoms with Gasteiger partial charge in [-0.05, 0) is 54.6 Å². The molecule has 0 bridgehead atoms. The van der Waals surface area contributed by atoms with Crippen LogP contribution in [0.1, 0.15) is 15.9 Å². The summed E-state index contributed by atoms with van der Waals surface area (Å²) in [5.41, 5.74) is 1.08. The number of hydrogen-bond acceptors (Lipinski definition) is 4. The highest BCUT2D eigenvalue weighted by Crippen LogP contribution is 2.59. The van der Waals surface area contributed by atoms with E-state index in [1.807, 2.05) is 36.4 Å². The number of esters is 1. The molecule has 0 saturated carbocycles. The van der Waals surface area contributed by atoms with Gasteiger partial charge in [0.25, 0.3) is 5.69 Å². The second-order valence-electron chi connectivity index (χ2n) is 8.78. The Morgan fingerprint density at radius 1 is 0.641 bits per heavy atom. The van der Waals surface area contributed by atoms with Gasteiger partial charge in [-0.1, -0.05) is 72.8 Å². The number of carbonyl (C=O) groups excluding carboxylic acids is 1. The van der Waals surface area contributed by atoms with E-state index < -0.39 is 18.2 Å². The summed E-state index contributed by atoms with van der Waals surface area (Å²) in [6, 6.07) is 44.6. The number of hydrogen-bond donors (Lipinski definition) is 0. The fourth-order valence-electron chi connectivity index (χ4n) is 4.64. The van der Waals surface area contributed by atoms with Crippen LogP contribution < -0.4 is 37.6 Å². The summed E-state index contributed by atoms with van der Waals surface area (Å²) in [6.07, 6.45) is 0.648. The van der Waals surface area contributed by atoms with Gasteiger partial charge in [-0.15, -0.1) is 0 Å². The Hall–Kier alpha value is -4.12. The summed E-state index contributed by atoms with van der Waals surface area (Å²) in [5, 5.41) is 14.7. The van der Waals surface area contributed by atoms with Crippen molar-refractivity contribution in [1.82, 2.24) is 0 Å². The zero-order chi connectivity index (χ0) is 26.4. The molecule has 0 aliphatic carbocycles.